The van der Waals surface area contributed by atoms with Gasteiger partial charge in [-0.15, -0.1) is 10.2 Å². The zero-order valence-corrected chi connectivity index (χ0v) is 11.2. The first kappa shape index (κ1) is 12.6. The van der Waals surface area contributed by atoms with Gasteiger partial charge in [0.2, 0.25) is 0 Å². The summed E-state index contributed by atoms with van der Waals surface area (Å²) in [4.78, 5) is 2.20. The molecule has 4 nitrogen and oxygen atoms in total. The molecule has 0 bridgehead atoms. The molecule has 0 unspecified atom stereocenters. The second-order valence-electron chi connectivity index (χ2n) is 5.03. The van der Waals surface area contributed by atoms with E-state index >= 15 is 0 Å². The molecule has 4 heteroatoms. The highest BCUT2D eigenvalue weighted by Crippen LogP contribution is 2.22. The summed E-state index contributed by atoms with van der Waals surface area (Å²) in [7, 11) is 0. The molecule has 0 atom stereocenters. The van der Waals surface area contributed by atoms with E-state index in [1.165, 1.54) is 0 Å². The Morgan fingerprint density at radius 1 is 1.00 bits per heavy atom. The molecule has 1 fully saturated rings. The summed E-state index contributed by atoms with van der Waals surface area (Å²) in [6, 6.07) is 16.4. The molecule has 20 heavy (non-hydrogen) atoms. The first-order chi connectivity index (χ1) is 9.86. The summed E-state index contributed by atoms with van der Waals surface area (Å²) in [5.74, 6) is 1.10. The average Bonchev–Trinajstić information content (AvgIpc) is 2.56. The van der Waals surface area contributed by atoms with Crippen LogP contribution in [-0.2, 0) is 0 Å². The zero-order valence-electron chi connectivity index (χ0n) is 11.2. The summed E-state index contributed by atoms with van der Waals surface area (Å²) >= 11 is 0. The number of nitrogens with zero attached hydrogens (tertiary/aromatic N) is 4. The lowest BCUT2D eigenvalue weighted by atomic mass is 9.99. The molecule has 1 aromatic carbocycles. The Balaban J connectivity index is 1.73. The maximum atomic E-state index is 8.91. The fourth-order valence-corrected chi connectivity index (χ4v) is 2.49. The SMILES string of the molecule is N#CC1CCN(c2ccc(-c3ccccc3)nn2)CC1. The summed E-state index contributed by atoms with van der Waals surface area (Å²) in [5, 5.41) is 17.5. The van der Waals surface area contributed by atoms with Crippen LogP contribution in [-0.4, -0.2) is 23.3 Å². The van der Waals surface area contributed by atoms with Crippen LogP contribution in [0.2, 0.25) is 0 Å². The van der Waals surface area contributed by atoms with Crippen molar-refractivity contribution in [2.24, 2.45) is 5.92 Å². The van der Waals surface area contributed by atoms with E-state index in [1.807, 2.05) is 42.5 Å². The minimum atomic E-state index is 0.197. The third-order valence-electron chi connectivity index (χ3n) is 3.72. The van der Waals surface area contributed by atoms with E-state index in [0.29, 0.717) is 0 Å². The van der Waals surface area contributed by atoms with Crippen molar-refractivity contribution in [1.29, 1.82) is 5.26 Å². The number of aromatic nitrogens is 2. The number of hydrogen-bond acceptors (Lipinski definition) is 4. The Morgan fingerprint density at radius 2 is 1.75 bits per heavy atom. The van der Waals surface area contributed by atoms with Gasteiger partial charge in [-0.2, -0.15) is 5.26 Å². The Bertz CT molecular complexity index is 593. The van der Waals surface area contributed by atoms with Crippen molar-refractivity contribution in [3.8, 4) is 17.3 Å². The normalized spacial score (nSPS) is 15.8. The number of benzene rings is 1. The largest absolute Gasteiger partial charge is 0.355 e. The molecule has 3 rings (SSSR count). The number of nitriles is 1. The van der Waals surface area contributed by atoms with Gasteiger partial charge < -0.3 is 4.90 Å². The van der Waals surface area contributed by atoms with Gasteiger partial charge in [-0.05, 0) is 25.0 Å². The van der Waals surface area contributed by atoms with E-state index in [2.05, 4.69) is 21.2 Å². The van der Waals surface area contributed by atoms with Crippen molar-refractivity contribution >= 4 is 5.82 Å². The molecule has 1 aliphatic heterocycles. The third kappa shape index (κ3) is 2.62. The average molecular weight is 264 g/mol. The predicted molar refractivity (Wildman–Crippen MR) is 78.0 cm³/mol. The maximum Gasteiger partial charge on any atom is 0.151 e. The third-order valence-corrected chi connectivity index (χ3v) is 3.72. The van der Waals surface area contributed by atoms with Crippen LogP contribution in [0.3, 0.4) is 0 Å². The quantitative estimate of drug-likeness (QED) is 0.837. The molecular formula is C16H16N4. The molecule has 0 saturated carbocycles. The monoisotopic (exact) mass is 264 g/mol. The highest BCUT2D eigenvalue weighted by molar-refractivity contribution is 5.59. The van der Waals surface area contributed by atoms with Crippen LogP contribution in [0.15, 0.2) is 42.5 Å². The number of hydrogen-bond donors (Lipinski definition) is 0. The Labute approximate surface area is 118 Å². The van der Waals surface area contributed by atoms with Crippen LogP contribution >= 0.6 is 0 Å². The lowest BCUT2D eigenvalue weighted by Crippen LogP contribution is -2.33. The molecule has 100 valence electrons. The summed E-state index contributed by atoms with van der Waals surface area (Å²) in [6.07, 6.45) is 1.83. The van der Waals surface area contributed by atoms with Crippen LogP contribution in [0.5, 0.6) is 0 Å². The first-order valence-electron chi connectivity index (χ1n) is 6.90. The van der Waals surface area contributed by atoms with E-state index in [4.69, 9.17) is 5.26 Å². The summed E-state index contributed by atoms with van der Waals surface area (Å²) in [6.45, 7) is 1.77. The van der Waals surface area contributed by atoms with Crippen molar-refractivity contribution in [1.82, 2.24) is 10.2 Å². The smallest absolute Gasteiger partial charge is 0.151 e. The molecule has 2 heterocycles. The van der Waals surface area contributed by atoms with Gasteiger partial charge in [0.1, 0.15) is 0 Å². The van der Waals surface area contributed by atoms with E-state index in [-0.39, 0.29) is 5.92 Å². The molecule has 0 N–H and O–H groups in total. The van der Waals surface area contributed by atoms with Crippen molar-refractivity contribution in [2.75, 3.05) is 18.0 Å². The van der Waals surface area contributed by atoms with Gasteiger partial charge in [0.15, 0.2) is 5.82 Å². The van der Waals surface area contributed by atoms with Gasteiger partial charge >= 0.3 is 0 Å². The lowest BCUT2D eigenvalue weighted by molar-refractivity contribution is 0.484. The number of rotatable bonds is 2. The lowest BCUT2D eigenvalue weighted by Gasteiger charge is -2.29. The molecule has 1 saturated heterocycles. The van der Waals surface area contributed by atoms with Crippen LogP contribution in [0.25, 0.3) is 11.3 Å². The standard InChI is InChI=1S/C16H16N4/c17-12-13-8-10-20(11-9-13)16-7-6-15(18-19-16)14-4-2-1-3-5-14/h1-7,13H,8-11H2. The minimum Gasteiger partial charge on any atom is -0.355 e. The van der Waals surface area contributed by atoms with E-state index < -0.39 is 0 Å². The van der Waals surface area contributed by atoms with Gasteiger partial charge in [-0.3, -0.25) is 0 Å². The Hall–Kier alpha value is -2.41. The molecule has 1 aromatic heterocycles. The van der Waals surface area contributed by atoms with E-state index in [1.54, 1.807) is 0 Å². The summed E-state index contributed by atoms with van der Waals surface area (Å²) < 4.78 is 0. The van der Waals surface area contributed by atoms with Gasteiger partial charge in [0.05, 0.1) is 11.8 Å². The van der Waals surface area contributed by atoms with Crippen molar-refractivity contribution in [2.45, 2.75) is 12.8 Å². The second-order valence-corrected chi connectivity index (χ2v) is 5.03. The summed E-state index contributed by atoms with van der Waals surface area (Å²) in [5.41, 5.74) is 1.97. The highest BCUT2D eigenvalue weighted by Gasteiger charge is 2.19. The van der Waals surface area contributed by atoms with Crippen LogP contribution in [0.4, 0.5) is 5.82 Å². The molecule has 0 amide bonds. The zero-order chi connectivity index (χ0) is 13.8. The molecule has 0 spiro atoms. The number of piperidine rings is 1. The van der Waals surface area contributed by atoms with Gasteiger partial charge in [-0.25, -0.2) is 0 Å². The maximum absolute atomic E-state index is 8.91. The molecule has 0 aliphatic carbocycles. The van der Waals surface area contributed by atoms with Gasteiger partial charge in [0, 0.05) is 24.6 Å². The van der Waals surface area contributed by atoms with Crippen molar-refractivity contribution < 1.29 is 0 Å². The molecular weight excluding hydrogens is 248 g/mol. The van der Waals surface area contributed by atoms with Crippen LogP contribution in [0.1, 0.15) is 12.8 Å². The topological polar surface area (TPSA) is 52.8 Å². The van der Waals surface area contributed by atoms with Crippen molar-refractivity contribution in [3.63, 3.8) is 0 Å². The Kier molecular flexibility index (Phi) is 3.60. The predicted octanol–water partition coefficient (Wildman–Crippen LogP) is 2.88. The first-order valence-corrected chi connectivity index (χ1v) is 6.90. The minimum absolute atomic E-state index is 0.197. The van der Waals surface area contributed by atoms with E-state index in [0.717, 1.165) is 43.0 Å². The van der Waals surface area contributed by atoms with Crippen LogP contribution < -0.4 is 4.90 Å². The Morgan fingerprint density at radius 3 is 2.35 bits per heavy atom. The van der Waals surface area contributed by atoms with E-state index in [9.17, 15) is 0 Å². The van der Waals surface area contributed by atoms with Crippen LogP contribution in [0, 0.1) is 17.2 Å². The highest BCUT2D eigenvalue weighted by atomic mass is 15.3. The second kappa shape index (κ2) is 5.70. The molecule has 2 aromatic rings. The number of anilines is 1. The fraction of sp³-hybridized carbons (Fsp3) is 0.312. The van der Waals surface area contributed by atoms with Gasteiger partial charge in [0.25, 0.3) is 0 Å². The molecule has 0 radical (unpaired) electrons. The van der Waals surface area contributed by atoms with Crippen molar-refractivity contribution in [3.05, 3.63) is 42.5 Å². The molecule has 1 aliphatic rings. The van der Waals surface area contributed by atoms with Gasteiger partial charge in [-0.1, -0.05) is 30.3 Å². The fourth-order valence-electron chi connectivity index (χ4n) is 2.49.